The highest BCUT2D eigenvalue weighted by atomic mass is 35.5. The van der Waals surface area contributed by atoms with Gasteiger partial charge in [0, 0.05) is 11.8 Å². The third-order valence-electron chi connectivity index (χ3n) is 1.21. The van der Waals surface area contributed by atoms with Crippen molar-refractivity contribution < 1.29 is 0 Å². The molecule has 0 aliphatic carbocycles. The quantitative estimate of drug-likeness (QED) is 0.462. The second-order valence-corrected chi connectivity index (χ2v) is 3.11. The van der Waals surface area contributed by atoms with Crippen LogP contribution in [0, 0.1) is 5.92 Å². The van der Waals surface area contributed by atoms with E-state index < -0.39 is 0 Å². The SMILES string of the molecule is C[C@@H](/C=C\C=C/CCCl)CCl. The molecule has 0 aliphatic heterocycles. The molecule has 0 radical (unpaired) electrons. The maximum atomic E-state index is 5.60. The molecule has 0 amide bonds. The van der Waals surface area contributed by atoms with E-state index in [0.29, 0.717) is 17.7 Å². The molecular formula is C9H14Cl2. The summed E-state index contributed by atoms with van der Waals surface area (Å²) in [7, 11) is 0. The van der Waals surface area contributed by atoms with Crippen molar-refractivity contribution in [2.75, 3.05) is 11.8 Å². The van der Waals surface area contributed by atoms with Crippen LogP contribution in [0.25, 0.3) is 0 Å². The molecule has 0 rings (SSSR count). The topological polar surface area (TPSA) is 0 Å². The predicted octanol–water partition coefficient (Wildman–Crippen LogP) is 3.60. The molecule has 0 aliphatic rings. The van der Waals surface area contributed by atoms with E-state index in [9.17, 15) is 0 Å². The molecule has 0 bridgehead atoms. The van der Waals surface area contributed by atoms with Crippen LogP contribution in [0.5, 0.6) is 0 Å². The highest BCUT2D eigenvalue weighted by molar-refractivity contribution is 6.18. The Morgan fingerprint density at radius 2 is 2.00 bits per heavy atom. The van der Waals surface area contributed by atoms with Crippen LogP contribution < -0.4 is 0 Å². The summed E-state index contributed by atoms with van der Waals surface area (Å²) in [4.78, 5) is 0. The molecule has 1 atom stereocenters. The highest BCUT2D eigenvalue weighted by Crippen LogP contribution is 1.99. The predicted molar refractivity (Wildman–Crippen MR) is 53.5 cm³/mol. The standard InChI is InChI=1S/C9H14Cl2/c1-9(8-11)6-4-2-3-5-7-10/h2-4,6,9H,5,7-8H2,1H3/b3-2-,6-4-/t9-/m0/s1. The van der Waals surface area contributed by atoms with Gasteiger partial charge in [0.15, 0.2) is 0 Å². The first-order chi connectivity index (χ1) is 5.31. The van der Waals surface area contributed by atoms with E-state index in [1.807, 2.05) is 18.2 Å². The Bertz CT molecular complexity index is 128. The van der Waals surface area contributed by atoms with Crippen molar-refractivity contribution in [2.24, 2.45) is 5.92 Å². The molecule has 0 spiro atoms. The van der Waals surface area contributed by atoms with Gasteiger partial charge in [0.25, 0.3) is 0 Å². The van der Waals surface area contributed by atoms with Gasteiger partial charge in [-0.15, -0.1) is 23.2 Å². The van der Waals surface area contributed by atoms with Crippen molar-refractivity contribution in [1.82, 2.24) is 0 Å². The molecule has 0 aromatic carbocycles. The molecule has 0 unspecified atom stereocenters. The summed E-state index contributed by atoms with van der Waals surface area (Å²) in [6, 6.07) is 0. The zero-order chi connectivity index (χ0) is 8.53. The average Bonchev–Trinajstić information content (AvgIpc) is 2.04. The second kappa shape index (κ2) is 8.16. The van der Waals surface area contributed by atoms with E-state index in [1.54, 1.807) is 0 Å². The van der Waals surface area contributed by atoms with Crippen molar-refractivity contribution in [3.63, 3.8) is 0 Å². The third-order valence-corrected chi connectivity index (χ3v) is 1.91. The molecule has 0 N–H and O–H groups in total. The minimum Gasteiger partial charge on any atom is -0.126 e. The molecule has 2 heteroatoms. The lowest BCUT2D eigenvalue weighted by Gasteiger charge is -1.94. The van der Waals surface area contributed by atoms with E-state index in [4.69, 9.17) is 23.2 Å². The van der Waals surface area contributed by atoms with Crippen LogP contribution in [-0.2, 0) is 0 Å². The van der Waals surface area contributed by atoms with Gasteiger partial charge in [-0.25, -0.2) is 0 Å². The molecule has 64 valence electrons. The van der Waals surface area contributed by atoms with E-state index in [0.717, 1.165) is 6.42 Å². The van der Waals surface area contributed by atoms with Crippen molar-refractivity contribution in [3.8, 4) is 0 Å². The van der Waals surface area contributed by atoms with E-state index in [2.05, 4.69) is 13.0 Å². The van der Waals surface area contributed by atoms with Crippen LogP contribution >= 0.6 is 23.2 Å². The molecule has 0 aromatic rings. The van der Waals surface area contributed by atoms with Gasteiger partial charge in [0.2, 0.25) is 0 Å². The van der Waals surface area contributed by atoms with Crippen LogP contribution in [0.2, 0.25) is 0 Å². The summed E-state index contributed by atoms with van der Waals surface area (Å²) in [5, 5.41) is 0. The number of alkyl halides is 2. The molecule has 11 heavy (non-hydrogen) atoms. The first-order valence-electron chi connectivity index (χ1n) is 3.76. The van der Waals surface area contributed by atoms with Gasteiger partial charge < -0.3 is 0 Å². The van der Waals surface area contributed by atoms with Gasteiger partial charge in [0.05, 0.1) is 0 Å². The van der Waals surface area contributed by atoms with E-state index >= 15 is 0 Å². The summed E-state index contributed by atoms with van der Waals surface area (Å²) in [5.41, 5.74) is 0. The van der Waals surface area contributed by atoms with Crippen LogP contribution in [0.15, 0.2) is 24.3 Å². The van der Waals surface area contributed by atoms with Gasteiger partial charge in [-0.1, -0.05) is 31.2 Å². The number of hydrogen-bond acceptors (Lipinski definition) is 0. The Hall–Kier alpha value is 0.0600. The Morgan fingerprint density at radius 3 is 2.55 bits per heavy atom. The smallest absolute Gasteiger partial charge is 0.0283 e. The van der Waals surface area contributed by atoms with Crippen LogP contribution in [0.1, 0.15) is 13.3 Å². The Labute approximate surface area is 78.9 Å². The molecule has 0 fully saturated rings. The molecular weight excluding hydrogens is 179 g/mol. The average molecular weight is 193 g/mol. The van der Waals surface area contributed by atoms with Crippen LogP contribution in [-0.4, -0.2) is 11.8 Å². The number of rotatable bonds is 5. The van der Waals surface area contributed by atoms with Gasteiger partial charge in [-0.3, -0.25) is 0 Å². The number of halogens is 2. The van der Waals surface area contributed by atoms with Crippen LogP contribution in [0.4, 0.5) is 0 Å². The van der Waals surface area contributed by atoms with E-state index in [-0.39, 0.29) is 0 Å². The van der Waals surface area contributed by atoms with Crippen LogP contribution in [0.3, 0.4) is 0 Å². The summed E-state index contributed by atoms with van der Waals surface area (Å²) in [6.45, 7) is 2.08. The maximum absolute atomic E-state index is 5.60. The lowest BCUT2D eigenvalue weighted by atomic mass is 10.2. The summed E-state index contributed by atoms with van der Waals surface area (Å²) in [5.74, 6) is 1.83. The summed E-state index contributed by atoms with van der Waals surface area (Å²) >= 11 is 11.1. The lowest BCUT2D eigenvalue weighted by Crippen LogP contribution is -1.87. The van der Waals surface area contributed by atoms with Gasteiger partial charge in [-0.2, -0.15) is 0 Å². The first-order valence-corrected chi connectivity index (χ1v) is 4.83. The highest BCUT2D eigenvalue weighted by Gasteiger charge is 1.88. The fraction of sp³-hybridized carbons (Fsp3) is 0.556. The minimum absolute atomic E-state index is 0.456. The summed E-state index contributed by atoms with van der Waals surface area (Å²) < 4.78 is 0. The van der Waals surface area contributed by atoms with Gasteiger partial charge in [0.1, 0.15) is 0 Å². The minimum atomic E-state index is 0.456. The number of allylic oxidation sites excluding steroid dienone is 4. The molecule has 0 aromatic heterocycles. The fourth-order valence-electron chi connectivity index (χ4n) is 0.543. The first kappa shape index (κ1) is 11.1. The molecule has 0 saturated heterocycles. The normalized spacial score (nSPS) is 14.8. The molecule has 0 saturated carbocycles. The Kier molecular flexibility index (Phi) is 8.20. The van der Waals surface area contributed by atoms with Crippen molar-refractivity contribution >= 4 is 23.2 Å². The zero-order valence-electron chi connectivity index (χ0n) is 6.76. The summed E-state index contributed by atoms with van der Waals surface area (Å²) in [6.07, 6.45) is 9.08. The van der Waals surface area contributed by atoms with Crippen molar-refractivity contribution in [2.45, 2.75) is 13.3 Å². The largest absolute Gasteiger partial charge is 0.126 e. The third kappa shape index (κ3) is 7.96. The molecule has 0 nitrogen and oxygen atoms in total. The molecule has 0 heterocycles. The maximum Gasteiger partial charge on any atom is 0.0283 e. The zero-order valence-corrected chi connectivity index (χ0v) is 8.28. The van der Waals surface area contributed by atoms with Crippen molar-refractivity contribution in [1.29, 1.82) is 0 Å². The number of hydrogen-bond donors (Lipinski definition) is 0. The van der Waals surface area contributed by atoms with Gasteiger partial charge in [-0.05, 0) is 12.3 Å². The Balaban J connectivity index is 3.42. The van der Waals surface area contributed by atoms with E-state index in [1.165, 1.54) is 0 Å². The monoisotopic (exact) mass is 192 g/mol. The second-order valence-electron chi connectivity index (χ2n) is 2.42. The van der Waals surface area contributed by atoms with Gasteiger partial charge >= 0.3 is 0 Å². The fourth-order valence-corrected chi connectivity index (χ4v) is 0.772. The Morgan fingerprint density at radius 1 is 1.27 bits per heavy atom. The lowest BCUT2D eigenvalue weighted by molar-refractivity contribution is 0.841. The van der Waals surface area contributed by atoms with Crippen molar-refractivity contribution in [3.05, 3.63) is 24.3 Å².